The second-order valence-corrected chi connectivity index (χ2v) is 7.72. The molecule has 6 heteroatoms. The predicted molar refractivity (Wildman–Crippen MR) is 89.8 cm³/mol. The summed E-state index contributed by atoms with van der Waals surface area (Å²) in [7, 11) is 3.51. The summed E-state index contributed by atoms with van der Waals surface area (Å²) in [5, 5.41) is 7.26. The molecule has 0 aliphatic heterocycles. The van der Waals surface area contributed by atoms with Crippen molar-refractivity contribution in [2.24, 2.45) is 16.7 Å². The first-order valence-electron chi connectivity index (χ1n) is 8.12. The Balaban J connectivity index is 1.84. The van der Waals surface area contributed by atoms with E-state index < -0.39 is 0 Å². The largest absolute Gasteiger partial charge is 0.349 e. The topological polar surface area (TPSA) is 67.2 Å². The van der Waals surface area contributed by atoms with Crippen molar-refractivity contribution in [1.29, 1.82) is 0 Å². The van der Waals surface area contributed by atoms with Crippen LogP contribution in [0.5, 0.6) is 0 Å². The van der Waals surface area contributed by atoms with E-state index in [0.717, 1.165) is 6.42 Å². The predicted octanol–water partition coefficient (Wildman–Crippen LogP) is 2.37. The van der Waals surface area contributed by atoms with Crippen LogP contribution in [0.1, 0.15) is 40.5 Å². The second-order valence-electron chi connectivity index (χ2n) is 7.72. The van der Waals surface area contributed by atoms with Gasteiger partial charge in [0.25, 0.3) is 0 Å². The summed E-state index contributed by atoms with van der Waals surface area (Å²) < 4.78 is 1.77. The minimum atomic E-state index is 0.0119. The molecule has 0 aromatic carbocycles. The molecule has 1 fully saturated rings. The van der Waals surface area contributed by atoms with Crippen molar-refractivity contribution in [3.63, 3.8) is 0 Å². The first-order chi connectivity index (χ1) is 10.6. The number of amides is 2. The Morgan fingerprint density at radius 3 is 2.39 bits per heavy atom. The van der Waals surface area contributed by atoms with Crippen LogP contribution < -0.4 is 5.32 Å². The Bertz CT molecular complexity index is 587. The number of nitrogens with one attached hydrogen (secondary N) is 1. The maximum atomic E-state index is 12.4. The van der Waals surface area contributed by atoms with Crippen molar-refractivity contribution in [3.05, 3.63) is 12.3 Å². The van der Waals surface area contributed by atoms with Crippen molar-refractivity contribution in [3.8, 4) is 0 Å². The summed E-state index contributed by atoms with van der Waals surface area (Å²) in [5.41, 5.74) is 0.0401. The van der Waals surface area contributed by atoms with E-state index in [2.05, 4.69) is 38.1 Å². The molecule has 6 nitrogen and oxygen atoms in total. The van der Waals surface area contributed by atoms with Crippen LogP contribution in [0, 0.1) is 16.7 Å². The Kier molecular flexibility index (Phi) is 4.55. The molecule has 1 aliphatic carbocycles. The van der Waals surface area contributed by atoms with Gasteiger partial charge in [0, 0.05) is 45.2 Å². The fraction of sp³-hybridized carbons (Fsp3) is 0.706. The summed E-state index contributed by atoms with van der Waals surface area (Å²) in [4.78, 5) is 25.5. The minimum absolute atomic E-state index is 0.0119. The maximum Gasteiger partial charge on any atom is 0.229 e. The number of hydrogen-bond acceptors (Lipinski definition) is 3. The molecule has 1 aromatic rings. The SMILES string of the molecule is CN(C)C(=O)CCCn1ccc(NC(=O)C2C(C)(C)C2(C)C)n1. The minimum Gasteiger partial charge on any atom is -0.349 e. The van der Waals surface area contributed by atoms with Gasteiger partial charge in [0.2, 0.25) is 11.8 Å². The maximum absolute atomic E-state index is 12.4. The number of rotatable bonds is 6. The standard InChI is InChI=1S/C17H28N4O2/c1-16(2)14(17(16,3)4)15(23)18-12-9-11-21(19-12)10-7-8-13(22)20(5)6/h9,11,14H,7-8,10H2,1-6H3,(H,18,19,23). The third-order valence-corrected chi connectivity index (χ3v) is 5.45. The van der Waals surface area contributed by atoms with E-state index in [1.54, 1.807) is 29.7 Å². The first-order valence-corrected chi connectivity index (χ1v) is 8.12. The molecular formula is C17H28N4O2. The van der Waals surface area contributed by atoms with Crippen LogP contribution in [-0.4, -0.2) is 40.6 Å². The zero-order valence-electron chi connectivity index (χ0n) is 15.0. The summed E-state index contributed by atoms with van der Waals surface area (Å²) >= 11 is 0. The van der Waals surface area contributed by atoms with Gasteiger partial charge in [-0.05, 0) is 17.3 Å². The van der Waals surface area contributed by atoms with Crippen LogP contribution in [0.15, 0.2) is 12.3 Å². The first kappa shape index (κ1) is 17.5. The molecule has 0 radical (unpaired) electrons. The van der Waals surface area contributed by atoms with Gasteiger partial charge in [0.15, 0.2) is 5.82 Å². The van der Waals surface area contributed by atoms with Crippen LogP contribution >= 0.6 is 0 Å². The number of aryl methyl sites for hydroxylation is 1. The smallest absolute Gasteiger partial charge is 0.229 e. The van der Waals surface area contributed by atoms with Gasteiger partial charge in [-0.15, -0.1) is 0 Å². The van der Waals surface area contributed by atoms with Crippen LogP contribution in [0.4, 0.5) is 5.82 Å². The Hall–Kier alpha value is -1.85. The van der Waals surface area contributed by atoms with Gasteiger partial charge in [0.05, 0.1) is 0 Å². The van der Waals surface area contributed by atoms with Gasteiger partial charge in [-0.2, -0.15) is 5.10 Å². The molecule has 0 spiro atoms. The number of carbonyl (C=O) groups excluding carboxylic acids is 2. The zero-order chi connectivity index (χ0) is 17.4. The van der Waals surface area contributed by atoms with Crippen LogP contribution in [0.2, 0.25) is 0 Å². The van der Waals surface area contributed by atoms with E-state index >= 15 is 0 Å². The lowest BCUT2D eigenvalue weighted by Crippen LogP contribution is -2.21. The molecule has 1 N–H and O–H groups in total. The van der Waals surface area contributed by atoms with E-state index in [9.17, 15) is 9.59 Å². The fourth-order valence-corrected chi connectivity index (χ4v) is 3.22. The molecule has 128 valence electrons. The van der Waals surface area contributed by atoms with Crippen molar-refractivity contribution in [2.45, 2.75) is 47.1 Å². The molecule has 0 unspecified atom stereocenters. The average molecular weight is 320 g/mol. The highest BCUT2D eigenvalue weighted by Crippen LogP contribution is 2.68. The van der Waals surface area contributed by atoms with Crippen molar-refractivity contribution in [1.82, 2.24) is 14.7 Å². The lowest BCUT2D eigenvalue weighted by Gasteiger charge is -2.09. The highest BCUT2D eigenvalue weighted by molar-refractivity contribution is 5.95. The average Bonchev–Trinajstić information content (AvgIpc) is 2.75. The van der Waals surface area contributed by atoms with Crippen molar-refractivity contribution >= 4 is 17.6 Å². The van der Waals surface area contributed by atoms with E-state index in [1.165, 1.54) is 0 Å². The number of carbonyl (C=O) groups is 2. The molecule has 1 aromatic heterocycles. The normalized spacial score (nSPS) is 18.5. The molecule has 1 heterocycles. The molecule has 1 saturated carbocycles. The molecule has 23 heavy (non-hydrogen) atoms. The van der Waals surface area contributed by atoms with E-state index in [1.807, 2.05) is 6.20 Å². The highest BCUT2D eigenvalue weighted by Gasteiger charge is 2.68. The summed E-state index contributed by atoms with van der Waals surface area (Å²) in [6, 6.07) is 1.80. The molecular weight excluding hydrogens is 292 g/mol. The van der Waals surface area contributed by atoms with E-state index in [-0.39, 0.29) is 28.6 Å². The molecule has 0 atom stereocenters. The summed E-state index contributed by atoms with van der Waals surface area (Å²) in [6.45, 7) is 9.15. The molecule has 2 rings (SSSR count). The van der Waals surface area contributed by atoms with E-state index in [0.29, 0.717) is 18.8 Å². The summed E-state index contributed by atoms with van der Waals surface area (Å²) in [5.74, 6) is 0.738. The van der Waals surface area contributed by atoms with Gasteiger partial charge < -0.3 is 10.2 Å². The quantitative estimate of drug-likeness (QED) is 0.875. The lowest BCUT2D eigenvalue weighted by molar-refractivity contribution is -0.128. The molecule has 2 amide bonds. The van der Waals surface area contributed by atoms with Crippen molar-refractivity contribution in [2.75, 3.05) is 19.4 Å². The molecule has 0 saturated heterocycles. The van der Waals surface area contributed by atoms with Gasteiger partial charge in [-0.25, -0.2) is 0 Å². The number of nitrogens with zero attached hydrogens (tertiary/aromatic N) is 3. The second kappa shape index (κ2) is 5.98. The summed E-state index contributed by atoms with van der Waals surface area (Å²) in [6.07, 6.45) is 3.06. The lowest BCUT2D eigenvalue weighted by atomic mass is 10.0. The third-order valence-electron chi connectivity index (χ3n) is 5.45. The Morgan fingerprint density at radius 2 is 1.87 bits per heavy atom. The van der Waals surface area contributed by atoms with E-state index in [4.69, 9.17) is 0 Å². The van der Waals surface area contributed by atoms with Crippen molar-refractivity contribution < 1.29 is 9.59 Å². The Labute approximate surface area is 138 Å². The van der Waals surface area contributed by atoms with Gasteiger partial charge in [-0.1, -0.05) is 27.7 Å². The van der Waals surface area contributed by atoms with Crippen LogP contribution in [0.3, 0.4) is 0 Å². The number of hydrogen-bond donors (Lipinski definition) is 1. The highest BCUT2D eigenvalue weighted by atomic mass is 16.2. The Morgan fingerprint density at radius 1 is 1.26 bits per heavy atom. The molecule has 0 bridgehead atoms. The fourth-order valence-electron chi connectivity index (χ4n) is 3.22. The van der Waals surface area contributed by atoms with Crippen LogP contribution in [0.25, 0.3) is 0 Å². The number of anilines is 1. The monoisotopic (exact) mass is 320 g/mol. The zero-order valence-corrected chi connectivity index (χ0v) is 15.0. The molecule has 1 aliphatic rings. The third kappa shape index (κ3) is 3.41. The van der Waals surface area contributed by atoms with Crippen LogP contribution in [-0.2, 0) is 16.1 Å². The van der Waals surface area contributed by atoms with Gasteiger partial charge in [0.1, 0.15) is 0 Å². The number of aromatic nitrogens is 2. The van der Waals surface area contributed by atoms with Gasteiger partial charge >= 0.3 is 0 Å². The van der Waals surface area contributed by atoms with Gasteiger partial charge in [-0.3, -0.25) is 14.3 Å².